The van der Waals surface area contributed by atoms with Crippen molar-refractivity contribution in [2.75, 3.05) is 6.61 Å². The van der Waals surface area contributed by atoms with E-state index in [0.717, 1.165) is 16.5 Å². The van der Waals surface area contributed by atoms with Crippen LogP contribution in [0, 0.1) is 0 Å². The maximum absolute atomic E-state index is 11.9. The monoisotopic (exact) mass is 265 g/mol. The summed E-state index contributed by atoms with van der Waals surface area (Å²) >= 11 is 6.01. The van der Waals surface area contributed by atoms with Crippen LogP contribution in [0.1, 0.15) is 31.7 Å². The topological polar surface area (TPSA) is 42.1 Å². The molecule has 0 amide bonds. The van der Waals surface area contributed by atoms with E-state index in [0.29, 0.717) is 18.1 Å². The average Bonchev–Trinajstić information content (AvgIpc) is 2.74. The zero-order chi connectivity index (χ0) is 13.1. The summed E-state index contributed by atoms with van der Waals surface area (Å²) in [6.07, 6.45) is 2.57. The molecule has 2 aromatic rings. The summed E-state index contributed by atoms with van der Waals surface area (Å²) in [6.45, 7) is 4.19. The van der Waals surface area contributed by atoms with Crippen LogP contribution in [0.3, 0.4) is 0 Å². The standard InChI is InChI=1S/C14H16ClNO2/c1-3-10(14(17)18-4-2)12-8-16-13-6-5-9(15)7-11(12)13/h5-8,10,16H,3-4H2,1-2H3. The summed E-state index contributed by atoms with van der Waals surface area (Å²) in [4.78, 5) is 15.1. The molecule has 1 atom stereocenters. The molecule has 1 N–H and O–H groups in total. The second kappa shape index (κ2) is 5.44. The molecule has 0 aliphatic heterocycles. The maximum Gasteiger partial charge on any atom is 0.313 e. The maximum atomic E-state index is 11.9. The molecule has 96 valence electrons. The Morgan fingerprint density at radius 3 is 2.89 bits per heavy atom. The van der Waals surface area contributed by atoms with Gasteiger partial charge in [0.25, 0.3) is 0 Å². The Hall–Kier alpha value is -1.48. The number of carbonyl (C=O) groups is 1. The van der Waals surface area contributed by atoms with Gasteiger partial charge in [0.15, 0.2) is 0 Å². The number of fused-ring (bicyclic) bond motifs is 1. The van der Waals surface area contributed by atoms with Crippen molar-refractivity contribution in [1.82, 2.24) is 4.98 Å². The summed E-state index contributed by atoms with van der Waals surface area (Å²) in [5, 5.41) is 1.66. The van der Waals surface area contributed by atoms with Crippen molar-refractivity contribution in [3.8, 4) is 0 Å². The molecule has 3 nitrogen and oxygen atoms in total. The van der Waals surface area contributed by atoms with Crippen LogP contribution in [0.4, 0.5) is 0 Å². The van der Waals surface area contributed by atoms with Gasteiger partial charge in [-0.2, -0.15) is 0 Å². The van der Waals surface area contributed by atoms with Crippen LogP contribution >= 0.6 is 11.6 Å². The van der Waals surface area contributed by atoms with Gasteiger partial charge < -0.3 is 9.72 Å². The number of carbonyl (C=O) groups excluding carboxylic acids is 1. The van der Waals surface area contributed by atoms with Gasteiger partial charge >= 0.3 is 5.97 Å². The average molecular weight is 266 g/mol. The van der Waals surface area contributed by atoms with Crippen LogP contribution in [0.5, 0.6) is 0 Å². The number of benzene rings is 1. The molecule has 0 bridgehead atoms. The smallest absolute Gasteiger partial charge is 0.313 e. The number of hydrogen-bond donors (Lipinski definition) is 1. The lowest BCUT2D eigenvalue weighted by molar-refractivity contribution is -0.145. The quantitative estimate of drug-likeness (QED) is 0.853. The highest BCUT2D eigenvalue weighted by atomic mass is 35.5. The van der Waals surface area contributed by atoms with Gasteiger partial charge in [0.2, 0.25) is 0 Å². The number of halogens is 1. The van der Waals surface area contributed by atoms with Gasteiger partial charge in [0, 0.05) is 22.1 Å². The number of aromatic nitrogens is 1. The Morgan fingerprint density at radius 1 is 1.44 bits per heavy atom. The Kier molecular flexibility index (Phi) is 3.92. The summed E-state index contributed by atoms with van der Waals surface area (Å²) < 4.78 is 5.11. The first-order chi connectivity index (χ1) is 8.67. The van der Waals surface area contributed by atoms with Crippen LogP contribution in [-0.2, 0) is 9.53 Å². The lowest BCUT2D eigenvalue weighted by atomic mass is 9.96. The van der Waals surface area contributed by atoms with E-state index in [4.69, 9.17) is 16.3 Å². The van der Waals surface area contributed by atoms with Crippen LogP contribution in [0.2, 0.25) is 5.02 Å². The molecule has 2 rings (SSSR count). The third-order valence-corrected chi connectivity index (χ3v) is 3.27. The Balaban J connectivity index is 2.45. The largest absolute Gasteiger partial charge is 0.466 e. The first-order valence-electron chi connectivity index (χ1n) is 6.10. The summed E-state index contributed by atoms with van der Waals surface area (Å²) in [5.41, 5.74) is 1.94. The van der Waals surface area contributed by atoms with E-state index in [1.54, 1.807) is 0 Å². The molecule has 0 aliphatic rings. The Labute approximate surface area is 111 Å². The fraction of sp³-hybridized carbons (Fsp3) is 0.357. The molecule has 1 heterocycles. The molecular formula is C14H16ClNO2. The van der Waals surface area contributed by atoms with Crippen LogP contribution in [-0.4, -0.2) is 17.6 Å². The molecule has 0 radical (unpaired) electrons. The number of esters is 1. The van der Waals surface area contributed by atoms with E-state index in [-0.39, 0.29) is 11.9 Å². The van der Waals surface area contributed by atoms with E-state index >= 15 is 0 Å². The second-order valence-corrected chi connectivity index (χ2v) is 4.58. The number of rotatable bonds is 4. The van der Waals surface area contributed by atoms with Gasteiger partial charge in [0.1, 0.15) is 0 Å². The molecule has 0 fully saturated rings. The van der Waals surface area contributed by atoms with Gasteiger partial charge in [-0.1, -0.05) is 18.5 Å². The third kappa shape index (κ3) is 2.36. The molecule has 1 aromatic carbocycles. The summed E-state index contributed by atoms with van der Waals surface area (Å²) in [5.74, 6) is -0.418. The minimum Gasteiger partial charge on any atom is -0.466 e. The molecular weight excluding hydrogens is 250 g/mol. The van der Waals surface area contributed by atoms with E-state index < -0.39 is 0 Å². The van der Waals surface area contributed by atoms with Gasteiger partial charge in [-0.15, -0.1) is 0 Å². The molecule has 1 unspecified atom stereocenters. The van der Waals surface area contributed by atoms with Gasteiger partial charge in [-0.25, -0.2) is 0 Å². The van der Waals surface area contributed by atoms with Gasteiger partial charge in [0.05, 0.1) is 12.5 Å². The minimum atomic E-state index is -0.239. The molecule has 0 saturated heterocycles. The first kappa shape index (κ1) is 13.0. The number of nitrogens with one attached hydrogen (secondary N) is 1. The van der Waals surface area contributed by atoms with E-state index in [1.165, 1.54) is 0 Å². The van der Waals surface area contributed by atoms with Crippen LogP contribution in [0.25, 0.3) is 10.9 Å². The molecule has 0 saturated carbocycles. The minimum absolute atomic E-state index is 0.180. The molecule has 4 heteroatoms. The van der Waals surface area contributed by atoms with Crippen molar-refractivity contribution in [2.45, 2.75) is 26.2 Å². The van der Waals surface area contributed by atoms with E-state index in [2.05, 4.69) is 4.98 Å². The predicted octanol–water partition coefficient (Wildman–Crippen LogP) is 3.88. The summed E-state index contributed by atoms with van der Waals surface area (Å²) in [7, 11) is 0. The Morgan fingerprint density at radius 2 is 2.22 bits per heavy atom. The molecule has 1 aromatic heterocycles. The first-order valence-corrected chi connectivity index (χ1v) is 6.48. The Bertz CT molecular complexity index is 562. The normalized spacial score (nSPS) is 12.6. The van der Waals surface area contributed by atoms with Crippen LogP contribution < -0.4 is 0 Å². The lowest BCUT2D eigenvalue weighted by Gasteiger charge is -2.12. The van der Waals surface area contributed by atoms with Crippen LogP contribution in [0.15, 0.2) is 24.4 Å². The second-order valence-electron chi connectivity index (χ2n) is 4.15. The van der Waals surface area contributed by atoms with E-state index in [9.17, 15) is 4.79 Å². The van der Waals surface area contributed by atoms with Crippen molar-refractivity contribution in [3.05, 3.63) is 35.0 Å². The van der Waals surface area contributed by atoms with E-state index in [1.807, 2.05) is 38.2 Å². The zero-order valence-electron chi connectivity index (χ0n) is 10.5. The van der Waals surface area contributed by atoms with Crippen molar-refractivity contribution >= 4 is 28.5 Å². The number of aromatic amines is 1. The van der Waals surface area contributed by atoms with Gasteiger partial charge in [-0.3, -0.25) is 4.79 Å². The number of ether oxygens (including phenoxy) is 1. The lowest BCUT2D eigenvalue weighted by Crippen LogP contribution is -2.14. The highest BCUT2D eigenvalue weighted by Gasteiger charge is 2.22. The summed E-state index contributed by atoms with van der Waals surface area (Å²) in [6, 6.07) is 5.62. The number of hydrogen-bond acceptors (Lipinski definition) is 2. The predicted molar refractivity (Wildman–Crippen MR) is 73.0 cm³/mol. The zero-order valence-corrected chi connectivity index (χ0v) is 11.3. The molecule has 18 heavy (non-hydrogen) atoms. The van der Waals surface area contributed by atoms with Crippen molar-refractivity contribution in [1.29, 1.82) is 0 Å². The number of H-pyrrole nitrogens is 1. The molecule has 0 aliphatic carbocycles. The van der Waals surface area contributed by atoms with Gasteiger partial charge in [-0.05, 0) is 37.1 Å². The van der Waals surface area contributed by atoms with Crippen molar-refractivity contribution in [2.24, 2.45) is 0 Å². The SMILES string of the molecule is CCOC(=O)C(CC)c1c[nH]c2ccc(Cl)cc12. The molecule has 0 spiro atoms. The highest BCUT2D eigenvalue weighted by Crippen LogP contribution is 2.30. The fourth-order valence-corrected chi connectivity index (χ4v) is 2.33. The van der Waals surface area contributed by atoms with Crippen molar-refractivity contribution < 1.29 is 9.53 Å². The highest BCUT2D eigenvalue weighted by molar-refractivity contribution is 6.31. The fourth-order valence-electron chi connectivity index (χ4n) is 2.16. The van der Waals surface area contributed by atoms with Crippen molar-refractivity contribution in [3.63, 3.8) is 0 Å². The third-order valence-electron chi connectivity index (χ3n) is 3.03.